The summed E-state index contributed by atoms with van der Waals surface area (Å²) in [5.41, 5.74) is 2.06. The van der Waals surface area contributed by atoms with Crippen LogP contribution in [0, 0.1) is 5.82 Å². The van der Waals surface area contributed by atoms with Gasteiger partial charge in [0, 0.05) is 20.8 Å². The SMILES string of the molecule is Fc1cccc(Cl)c1C1C=C(c2ccc(Br)cc2)Nc2nnnn21. The van der Waals surface area contributed by atoms with Gasteiger partial charge in [0.1, 0.15) is 11.9 Å². The number of nitrogens with one attached hydrogen (secondary N) is 1. The average molecular weight is 407 g/mol. The second-order valence-corrected chi connectivity index (χ2v) is 6.56. The van der Waals surface area contributed by atoms with Crippen LogP contribution in [0.2, 0.25) is 5.02 Å². The number of aromatic nitrogens is 4. The third kappa shape index (κ3) is 2.59. The van der Waals surface area contributed by atoms with Gasteiger partial charge in [0.15, 0.2) is 0 Å². The Balaban J connectivity index is 1.87. The highest BCUT2D eigenvalue weighted by Gasteiger charge is 2.28. The first-order valence-electron chi connectivity index (χ1n) is 7.10. The molecule has 1 atom stereocenters. The van der Waals surface area contributed by atoms with Crippen LogP contribution in [0.15, 0.2) is 53.0 Å². The molecule has 0 saturated carbocycles. The fraction of sp³-hybridized carbons (Fsp3) is 0.0625. The molecule has 0 aliphatic carbocycles. The van der Waals surface area contributed by atoms with Crippen molar-refractivity contribution in [2.45, 2.75) is 6.04 Å². The highest BCUT2D eigenvalue weighted by Crippen LogP contribution is 2.36. The van der Waals surface area contributed by atoms with E-state index in [-0.39, 0.29) is 0 Å². The minimum atomic E-state index is -0.538. The summed E-state index contributed by atoms with van der Waals surface area (Å²) < 4.78 is 16.9. The van der Waals surface area contributed by atoms with E-state index in [0.29, 0.717) is 16.5 Å². The molecule has 0 saturated heterocycles. The van der Waals surface area contributed by atoms with Gasteiger partial charge in [-0.2, -0.15) is 4.68 Å². The van der Waals surface area contributed by atoms with Gasteiger partial charge in [0.05, 0.1) is 0 Å². The van der Waals surface area contributed by atoms with Crippen LogP contribution >= 0.6 is 27.5 Å². The molecule has 1 N–H and O–H groups in total. The van der Waals surface area contributed by atoms with Crippen LogP contribution in [0.3, 0.4) is 0 Å². The van der Waals surface area contributed by atoms with Crippen LogP contribution in [-0.4, -0.2) is 20.2 Å². The Morgan fingerprint density at radius 2 is 1.96 bits per heavy atom. The first-order chi connectivity index (χ1) is 11.6. The molecular weight excluding hydrogens is 397 g/mol. The largest absolute Gasteiger partial charge is 0.323 e. The number of halogens is 3. The summed E-state index contributed by atoms with van der Waals surface area (Å²) in [6.45, 7) is 0. The smallest absolute Gasteiger partial charge is 0.248 e. The van der Waals surface area contributed by atoms with E-state index in [1.807, 2.05) is 30.3 Å². The van der Waals surface area contributed by atoms with E-state index in [4.69, 9.17) is 11.6 Å². The highest BCUT2D eigenvalue weighted by atomic mass is 79.9. The average Bonchev–Trinajstić information content (AvgIpc) is 3.04. The van der Waals surface area contributed by atoms with Crippen LogP contribution in [0.4, 0.5) is 10.3 Å². The number of anilines is 1. The van der Waals surface area contributed by atoms with Gasteiger partial charge in [-0.25, -0.2) is 4.39 Å². The van der Waals surface area contributed by atoms with Crippen molar-refractivity contribution in [3.05, 3.63) is 75.0 Å². The van der Waals surface area contributed by atoms with E-state index in [1.54, 1.807) is 12.1 Å². The summed E-state index contributed by atoms with van der Waals surface area (Å²) in [5.74, 6) is 0.0296. The number of hydrogen-bond acceptors (Lipinski definition) is 4. The summed E-state index contributed by atoms with van der Waals surface area (Å²) >= 11 is 9.65. The number of benzene rings is 2. The number of fused-ring (bicyclic) bond motifs is 1. The molecule has 24 heavy (non-hydrogen) atoms. The topological polar surface area (TPSA) is 55.6 Å². The standard InChI is InChI=1S/C16H10BrClFN5/c17-10-6-4-9(5-7-10)13-8-14(24-16(20-13)21-22-23-24)15-11(18)2-1-3-12(15)19/h1-8,14H,(H,20,21,23). The van der Waals surface area contributed by atoms with Crippen molar-refractivity contribution < 1.29 is 4.39 Å². The molecule has 1 aliphatic rings. The lowest BCUT2D eigenvalue weighted by atomic mass is 10.0. The van der Waals surface area contributed by atoms with Crippen molar-refractivity contribution in [2.75, 3.05) is 5.32 Å². The Kier molecular flexibility index (Phi) is 3.82. The van der Waals surface area contributed by atoms with Crippen molar-refractivity contribution in [1.29, 1.82) is 0 Å². The Hall–Kier alpha value is -2.25. The van der Waals surface area contributed by atoms with Crippen LogP contribution in [0.1, 0.15) is 17.2 Å². The van der Waals surface area contributed by atoms with Crippen molar-refractivity contribution >= 4 is 39.2 Å². The molecule has 0 bridgehead atoms. The summed E-state index contributed by atoms with van der Waals surface area (Å²) in [6.07, 6.45) is 1.86. The zero-order valence-corrected chi connectivity index (χ0v) is 14.5. The minimum absolute atomic E-state index is 0.328. The zero-order chi connectivity index (χ0) is 16.7. The Bertz CT molecular complexity index is 918. The van der Waals surface area contributed by atoms with Gasteiger partial charge < -0.3 is 5.32 Å². The lowest BCUT2D eigenvalue weighted by molar-refractivity contribution is 0.540. The van der Waals surface area contributed by atoms with E-state index < -0.39 is 11.9 Å². The maximum Gasteiger partial charge on any atom is 0.248 e. The predicted molar refractivity (Wildman–Crippen MR) is 93.1 cm³/mol. The first kappa shape index (κ1) is 15.3. The monoisotopic (exact) mass is 405 g/mol. The molecule has 1 unspecified atom stereocenters. The normalized spacial score (nSPS) is 16.3. The number of tetrazole rings is 1. The van der Waals surface area contributed by atoms with Gasteiger partial charge >= 0.3 is 0 Å². The fourth-order valence-corrected chi connectivity index (χ4v) is 3.19. The Labute approximate surface area is 150 Å². The van der Waals surface area contributed by atoms with Crippen molar-refractivity contribution in [3.8, 4) is 0 Å². The Morgan fingerprint density at radius 1 is 1.17 bits per heavy atom. The molecule has 5 nitrogen and oxygen atoms in total. The third-order valence-electron chi connectivity index (χ3n) is 3.78. The second-order valence-electron chi connectivity index (χ2n) is 5.24. The van der Waals surface area contributed by atoms with Crippen molar-refractivity contribution in [2.24, 2.45) is 0 Å². The fourth-order valence-electron chi connectivity index (χ4n) is 2.65. The molecule has 0 amide bonds. The molecule has 4 rings (SSSR count). The molecule has 1 aromatic heterocycles. The lowest BCUT2D eigenvalue weighted by Gasteiger charge is -2.24. The maximum absolute atomic E-state index is 14.4. The van der Waals surface area contributed by atoms with Crippen LogP contribution in [-0.2, 0) is 0 Å². The highest BCUT2D eigenvalue weighted by molar-refractivity contribution is 9.10. The predicted octanol–water partition coefficient (Wildman–Crippen LogP) is 4.28. The first-order valence-corrected chi connectivity index (χ1v) is 8.27. The zero-order valence-electron chi connectivity index (χ0n) is 12.1. The second kappa shape index (κ2) is 5.99. The molecule has 8 heteroatoms. The summed E-state index contributed by atoms with van der Waals surface area (Å²) in [4.78, 5) is 0. The minimum Gasteiger partial charge on any atom is -0.323 e. The van der Waals surface area contributed by atoms with E-state index in [9.17, 15) is 4.39 Å². The third-order valence-corrected chi connectivity index (χ3v) is 4.64. The number of allylic oxidation sites excluding steroid dienone is 1. The number of hydrogen-bond donors (Lipinski definition) is 1. The molecule has 0 fully saturated rings. The molecular formula is C16H10BrClFN5. The van der Waals surface area contributed by atoms with Crippen LogP contribution < -0.4 is 5.32 Å². The summed E-state index contributed by atoms with van der Waals surface area (Å²) in [6, 6.07) is 11.8. The molecule has 1 aliphatic heterocycles. The van der Waals surface area contributed by atoms with Crippen LogP contribution in [0.5, 0.6) is 0 Å². The molecule has 0 spiro atoms. The van der Waals surface area contributed by atoms with E-state index in [0.717, 1.165) is 15.7 Å². The van der Waals surface area contributed by atoms with Gasteiger partial charge in [-0.1, -0.05) is 50.8 Å². The molecule has 3 aromatic rings. The number of nitrogens with zero attached hydrogens (tertiary/aromatic N) is 4. The van der Waals surface area contributed by atoms with E-state index in [2.05, 4.69) is 36.8 Å². The van der Waals surface area contributed by atoms with Gasteiger partial charge in [-0.3, -0.25) is 0 Å². The lowest BCUT2D eigenvalue weighted by Crippen LogP contribution is -2.21. The molecule has 120 valence electrons. The van der Waals surface area contributed by atoms with Gasteiger partial charge in [0.25, 0.3) is 0 Å². The van der Waals surface area contributed by atoms with Gasteiger partial charge in [-0.05, 0) is 46.3 Å². The van der Waals surface area contributed by atoms with Crippen LogP contribution in [0.25, 0.3) is 5.70 Å². The maximum atomic E-state index is 14.4. The quantitative estimate of drug-likeness (QED) is 0.690. The van der Waals surface area contributed by atoms with Crippen molar-refractivity contribution in [3.63, 3.8) is 0 Å². The van der Waals surface area contributed by atoms with Crippen molar-refractivity contribution in [1.82, 2.24) is 20.2 Å². The Morgan fingerprint density at radius 3 is 2.71 bits per heavy atom. The number of rotatable bonds is 2. The van der Waals surface area contributed by atoms with Gasteiger partial charge in [0.2, 0.25) is 5.95 Å². The van der Waals surface area contributed by atoms with E-state index >= 15 is 0 Å². The molecule has 2 aromatic carbocycles. The van der Waals surface area contributed by atoms with E-state index in [1.165, 1.54) is 10.7 Å². The van der Waals surface area contributed by atoms with Gasteiger partial charge in [-0.15, -0.1) is 0 Å². The molecule has 0 radical (unpaired) electrons. The summed E-state index contributed by atoms with van der Waals surface area (Å²) in [7, 11) is 0. The summed E-state index contributed by atoms with van der Waals surface area (Å²) in [5, 5.41) is 15.1. The molecule has 2 heterocycles.